The van der Waals surface area contributed by atoms with Crippen molar-refractivity contribution in [2.24, 2.45) is 0 Å². The number of nitrogens with zero attached hydrogens (tertiary/aromatic N) is 1. The maximum absolute atomic E-state index is 12.3. The van der Waals surface area contributed by atoms with E-state index in [2.05, 4.69) is 4.98 Å². The first-order valence-corrected chi connectivity index (χ1v) is 11.6. The highest BCUT2D eigenvalue weighted by molar-refractivity contribution is 7.92. The topological polar surface area (TPSA) is 121 Å². The molecule has 0 saturated heterocycles. The van der Waals surface area contributed by atoms with Gasteiger partial charge in [-0.25, -0.2) is 8.42 Å². The third-order valence-corrected chi connectivity index (χ3v) is 7.37. The second kappa shape index (κ2) is 9.70. The monoisotopic (exact) mass is 433 g/mol. The van der Waals surface area contributed by atoms with Gasteiger partial charge in [0.1, 0.15) is 23.4 Å². The summed E-state index contributed by atoms with van der Waals surface area (Å²) >= 11 is 0. The predicted octanol–water partition coefficient (Wildman–Crippen LogP) is 2.34. The molecule has 0 spiro atoms. The summed E-state index contributed by atoms with van der Waals surface area (Å²) in [4.78, 5) is 4.37. The van der Waals surface area contributed by atoms with Gasteiger partial charge in [-0.3, -0.25) is 4.98 Å². The Morgan fingerprint density at radius 3 is 2.70 bits per heavy atom. The molecule has 2 aromatic rings. The van der Waals surface area contributed by atoms with Crippen molar-refractivity contribution < 1.29 is 28.2 Å². The van der Waals surface area contributed by atoms with Crippen LogP contribution in [0.25, 0.3) is 11.6 Å². The summed E-state index contributed by atoms with van der Waals surface area (Å²) < 4.78 is 30.2. The highest BCUT2D eigenvalue weighted by atomic mass is 32.2. The van der Waals surface area contributed by atoms with Gasteiger partial charge in [-0.2, -0.15) is 0 Å². The molecule has 2 atom stereocenters. The number of hydrogen-bond donors (Lipinski definition) is 3. The number of hydrogen-bond acceptors (Lipinski definition) is 7. The number of allylic oxidation sites excluding steroid dienone is 1. The van der Waals surface area contributed by atoms with Crippen molar-refractivity contribution in [1.82, 2.24) is 4.98 Å². The van der Waals surface area contributed by atoms with E-state index in [9.17, 15) is 23.7 Å². The second-order valence-corrected chi connectivity index (χ2v) is 9.48. The Morgan fingerprint density at radius 2 is 2.10 bits per heavy atom. The van der Waals surface area contributed by atoms with E-state index in [1.807, 2.05) is 19.1 Å². The minimum absolute atomic E-state index is 0.111. The van der Waals surface area contributed by atoms with Crippen molar-refractivity contribution in [3.05, 3.63) is 64.9 Å². The van der Waals surface area contributed by atoms with Gasteiger partial charge in [-0.1, -0.05) is 18.6 Å². The number of furan rings is 1. The molecule has 0 saturated carbocycles. The molecule has 30 heavy (non-hydrogen) atoms. The minimum Gasteiger partial charge on any atom is -0.459 e. The molecule has 0 radical (unpaired) electrons. The SMILES string of the molecule is CCC1=C([C@H](O)CC/C(=C/c2ccc(CO)o2)c2ccccn2)[C@H](CO)S(=O)(=O)C1. The molecule has 0 fully saturated rings. The van der Waals surface area contributed by atoms with Gasteiger partial charge in [-0.05, 0) is 60.8 Å². The van der Waals surface area contributed by atoms with Crippen molar-refractivity contribution in [3.8, 4) is 0 Å². The lowest BCUT2D eigenvalue weighted by Crippen LogP contribution is -2.29. The number of rotatable bonds is 9. The Morgan fingerprint density at radius 1 is 1.30 bits per heavy atom. The molecule has 162 valence electrons. The van der Waals surface area contributed by atoms with Crippen molar-refractivity contribution in [3.63, 3.8) is 0 Å². The third-order valence-electron chi connectivity index (χ3n) is 5.35. The summed E-state index contributed by atoms with van der Waals surface area (Å²) in [6, 6.07) is 8.94. The lowest BCUT2D eigenvalue weighted by Gasteiger charge is -2.19. The summed E-state index contributed by atoms with van der Waals surface area (Å²) in [5, 5.41) is 28.6. The predicted molar refractivity (Wildman–Crippen MR) is 114 cm³/mol. The zero-order valence-corrected chi connectivity index (χ0v) is 17.7. The van der Waals surface area contributed by atoms with Crippen molar-refractivity contribution in [2.75, 3.05) is 12.4 Å². The second-order valence-electron chi connectivity index (χ2n) is 7.29. The highest BCUT2D eigenvalue weighted by Crippen LogP contribution is 2.34. The van der Waals surface area contributed by atoms with E-state index in [-0.39, 0.29) is 18.8 Å². The van der Waals surface area contributed by atoms with Crippen LogP contribution in [0, 0.1) is 0 Å². The Hall–Kier alpha value is -2.26. The number of sulfone groups is 1. The summed E-state index contributed by atoms with van der Waals surface area (Å²) in [5.41, 5.74) is 2.65. The Bertz CT molecular complexity index is 1020. The average Bonchev–Trinajstić information content (AvgIpc) is 3.31. The van der Waals surface area contributed by atoms with Gasteiger partial charge in [0.05, 0.1) is 24.2 Å². The van der Waals surface area contributed by atoms with Crippen LogP contribution in [0.1, 0.15) is 43.4 Å². The van der Waals surface area contributed by atoms with Crippen LogP contribution in [-0.2, 0) is 16.4 Å². The fraction of sp³-hybridized carbons (Fsp3) is 0.409. The fourth-order valence-electron chi connectivity index (χ4n) is 3.82. The molecule has 0 bridgehead atoms. The first-order chi connectivity index (χ1) is 14.4. The molecule has 3 rings (SSSR count). The van der Waals surface area contributed by atoms with Crippen LogP contribution < -0.4 is 0 Å². The number of aromatic nitrogens is 1. The van der Waals surface area contributed by atoms with E-state index < -0.39 is 27.8 Å². The van der Waals surface area contributed by atoms with Gasteiger partial charge in [0, 0.05) is 6.20 Å². The standard InChI is InChI=1S/C22H27NO6S/c1-2-15-14-30(27,28)21(13-25)22(15)20(26)9-6-16(19-5-3-4-10-23-19)11-17-7-8-18(12-24)29-17/h3-5,7-8,10-11,20-21,24-26H,2,6,9,12-14H2,1H3/b16-11-/t20-,21+/m1/s1. The molecule has 1 aliphatic heterocycles. The summed E-state index contributed by atoms with van der Waals surface area (Å²) in [5.74, 6) is 0.890. The molecule has 8 heteroatoms. The Kier molecular flexibility index (Phi) is 7.25. The molecular formula is C22H27NO6S. The van der Waals surface area contributed by atoms with Crippen LogP contribution in [0.3, 0.4) is 0 Å². The van der Waals surface area contributed by atoms with Crippen LogP contribution in [0.4, 0.5) is 0 Å². The quantitative estimate of drug-likeness (QED) is 0.519. The van der Waals surface area contributed by atoms with E-state index in [4.69, 9.17) is 4.42 Å². The minimum atomic E-state index is -3.48. The maximum atomic E-state index is 12.3. The van der Waals surface area contributed by atoms with Gasteiger partial charge < -0.3 is 19.7 Å². The number of aliphatic hydroxyl groups is 3. The maximum Gasteiger partial charge on any atom is 0.163 e. The van der Waals surface area contributed by atoms with Crippen molar-refractivity contribution in [2.45, 2.75) is 44.1 Å². The lowest BCUT2D eigenvalue weighted by molar-refractivity contribution is 0.190. The Balaban J connectivity index is 1.85. The summed E-state index contributed by atoms with van der Waals surface area (Å²) in [6.45, 7) is 1.13. The van der Waals surface area contributed by atoms with Crippen LogP contribution in [0.5, 0.6) is 0 Å². The van der Waals surface area contributed by atoms with Gasteiger partial charge in [-0.15, -0.1) is 0 Å². The molecule has 0 aromatic carbocycles. The summed E-state index contributed by atoms with van der Waals surface area (Å²) in [7, 11) is -3.48. The molecule has 0 unspecified atom stereocenters. The van der Waals surface area contributed by atoms with E-state index in [1.54, 1.807) is 30.5 Å². The van der Waals surface area contributed by atoms with Gasteiger partial charge in [0.15, 0.2) is 9.84 Å². The number of aliphatic hydroxyl groups excluding tert-OH is 3. The van der Waals surface area contributed by atoms with Gasteiger partial charge in [0.2, 0.25) is 0 Å². The van der Waals surface area contributed by atoms with Crippen LogP contribution in [-0.4, -0.2) is 52.4 Å². The van der Waals surface area contributed by atoms with E-state index in [1.165, 1.54) is 0 Å². The lowest BCUT2D eigenvalue weighted by atomic mass is 9.93. The van der Waals surface area contributed by atoms with Crippen LogP contribution in [0.2, 0.25) is 0 Å². The smallest absolute Gasteiger partial charge is 0.163 e. The third kappa shape index (κ3) is 4.89. The van der Waals surface area contributed by atoms with Gasteiger partial charge in [0.25, 0.3) is 0 Å². The van der Waals surface area contributed by atoms with Crippen molar-refractivity contribution in [1.29, 1.82) is 0 Å². The van der Waals surface area contributed by atoms with E-state index in [0.29, 0.717) is 41.2 Å². The van der Waals surface area contributed by atoms with Crippen molar-refractivity contribution >= 4 is 21.5 Å². The van der Waals surface area contributed by atoms with Gasteiger partial charge >= 0.3 is 0 Å². The zero-order valence-electron chi connectivity index (χ0n) is 16.9. The Labute approximate surface area is 176 Å². The van der Waals surface area contributed by atoms with Crippen LogP contribution >= 0.6 is 0 Å². The first kappa shape index (κ1) is 22.4. The van der Waals surface area contributed by atoms with E-state index in [0.717, 1.165) is 5.57 Å². The first-order valence-electron chi connectivity index (χ1n) is 9.93. The highest BCUT2D eigenvalue weighted by Gasteiger charge is 2.40. The molecule has 7 nitrogen and oxygen atoms in total. The molecule has 2 aromatic heterocycles. The largest absolute Gasteiger partial charge is 0.459 e. The fourth-order valence-corrected chi connectivity index (χ4v) is 5.82. The molecule has 3 N–H and O–H groups in total. The molecule has 1 aliphatic rings. The molecule has 3 heterocycles. The number of pyridine rings is 1. The summed E-state index contributed by atoms with van der Waals surface area (Å²) in [6.07, 6.45) is 3.71. The average molecular weight is 434 g/mol. The molecule has 0 aliphatic carbocycles. The zero-order chi connectivity index (χ0) is 21.7. The van der Waals surface area contributed by atoms with Crippen LogP contribution in [0.15, 0.2) is 52.1 Å². The normalized spacial score (nSPS) is 20.0. The van der Waals surface area contributed by atoms with E-state index >= 15 is 0 Å². The molecule has 0 amide bonds. The molecular weight excluding hydrogens is 406 g/mol.